The highest BCUT2D eigenvalue weighted by Crippen LogP contribution is 2.33. The fourth-order valence-electron chi connectivity index (χ4n) is 1.97. The van der Waals surface area contributed by atoms with Gasteiger partial charge in [0.05, 0.1) is 18.5 Å². The number of ether oxygens (including phenoxy) is 1. The van der Waals surface area contributed by atoms with E-state index in [4.69, 9.17) is 10.5 Å². The van der Waals surface area contributed by atoms with Crippen molar-refractivity contribution in [3.63, 3.8) is 0 Å². The average molecular weight is 260 g/mol. The van der Waals surface area contributed by atoms with Gasteiger partial charge < -0.3 is 15.4 Å². The lowest BCUT2D eigenvalue weighted by molar-refractivity contribution is 0.416. The van der Waals surface area contributed by atoms with Crippen LogP contribution in [0.4, 0.5) is 21.5 Å². The van der Waals surface area contributed by atoms with Gasteiger partial charge in [0.1, 0.15) is 11.6 Å². The maximum atomic E-state index is 14.0. The maximum absolute atomic E-state index is 14.0. The molecular formula is C15H17FN2O. The SMILES string of the molecule is COc1cc(N(C)c2cccc(C)c2)c(F)cc1N. The Kier molecular flexibility index (Phi) is 3.60. The van der Waals surface area contributed by atoms with Crippen LogP contribution in [-0.2, 0) is 0 Å². The van der Waals surface area contributed by atoms with Gasteiger partial charge in [0.2, 0.25) is 0 Å². The number of hydrogen-bond acceptors (Lipinski definition) is 3. The van der Waals surface area contributed by atoms with Crippen LogP contribution in [0.15, 0.2) is 36.4 Å². The van der Waals surface area contributed by atoms with Gasteiger partial charge in [-0.05, 0) is 24.6 Å². The lowest BCUT2D eigenvalue weighted by atomic mass is 10.2. The molecule has 2 aromatic carbocycles. The molecule has 0 aliphatic heterocycles. The fourth-order valence-corrected chi connectivity index (χ4v) is 1.97. The first kappa shape index (κ1) is 13.2. The molecule has 0 aliphatic carbocycles. The number of benzene rings is 2. The lowest BCUT2D eigenvalue weighted by Gasteiger charge is -2.21. The van der Waals surface area contributed by atoms with Crippen LogP contribution < -0.4 is 15.4 Å². The third kappa shape index (κ3) is 2.62. The van der Waals surface area contributed by atoms with Crippen LogP contribution in [-0.4, -0.2) is 14.2 Å². The molecule has 0 spiro atoms. The van der Waals surface area contributed by atoms with Gasteiger partial charge in [-0.2, -0.15) is 0 Å². The van der Waals surface area contributed by atoms with Crippen molar-refractivity contribution in [3.8, 4) is 5.75 Å². The number of nitrogen functional groups attached to an aromatic ring is 1. The van der Waals surface area contributed by atoms with E-state index in [9.17, 15) is 4.39 Å². The second-order valence-corrected chi connectivity index (χ2v) is 4.44. The van der Waals surface area contributed by atoms with Crippen molar-refractivity contribution in [2.45, 2.75) is 6.92 Å². The topological polar surface area (TPSA) is 38.5 Å². The standard InChI is InChI=1S/C15H17FN2O/c1-10-5-4-6-11(7-10)18(2)14-9-15(19-3)13(17)8-12(14)16/h4-9H,17H2,1-3H3. The summed E-state index contributed by atoms with van der Waals surface area (Å²) in [6, 6.07) is 10.7. The minimum Gasteiger partial charge on any atom is -0.495 e. The Morgan fingerprint density at radius 2 is 1.95 bits per heavy atom. The van der Waals surface area contributed by atoms with E-state index >= 15 is 0 Å². The normalized spacial score (nSPS) is 10.3. The van der Waals surface area contributed by atoms with Gasteiger partial charge in [0.25, 0.3) is 0 Å². The Balaban J connectivity index is 2.46. The molecule has 0 saturated heterocycles. The fraction of sp³-hybridized carbons (Fsp3) is 0.200. The van der Waals surface area contributed by atoms with Crippen LogP contribution in [0.1, 0.15) is 5.56 Å². The maximum Gasteiger partial charge on any atom is 0.149 e. The van der Waals surface area contributed by atoms with E-state index < -0.39 is 0 Å². The molecule has 100 valence electrons. The zero-order chi connectivity index (χ0) is 14.0. The summed E-state index contributed by atoms with van der Waals surface area (Å²) in [6.07, 6.45) is 0. The van der Waals surface area contributed by atoms with E-state index in [1.165, 1.54) is 13.2 Å². The highest BCUT2D eigenvalue weighted by Gasteiger charge is 2.13. The summed E-state index contributed by atoms with van der Waals surface area (Å²) >= 11 is 0. The molecule has 0 fully saturated rings. The van der Waals surface area contributed by atoms with Crippen molar-refractivity contribution < 1.29 is 9.13 Å². The third-order valence-electron chi connectivity index (χ3n) is 3.05. The number of methoxy groups -OCH3 is 1. The zero-order valence-corrected chi connectivity index (χ0v) is 11.3. The Hall–Kier alpha value is -2.23. The van der Waals surface area contributed by atoms with Gasteiger partial charge in [0, 0.05) is 24.9 Å². The van der Waals surface area contributed by atoms with E-state index in [1.54, 1.807) is 11.0 Å². The molecule has 4 heteroatoms. The minimum absolute atomic E-state index is 0.293. The second kappa shape index (κ2) is 5.18. The molecule has 0 amide bonds. The first-order chi connectivity index (χ1) is 9.02. The summed E-state index contributed by atoms with van der Waals surface area (Å²) in [5.74, 6) is 0.0956. The Labute approximate surface area is 112 Å². The van der Waals surface area contributed by atoms with E-state index in [0.717, 1.165) is 11.3 Å². The average Bonchev–Trinajstić information content (AvgIpc) is 2.38. The molecule has 2 N–H and O–H groups in total. The Morgan fingerprint density at radius 3 is 2.58 bits per heavy atom. The second-order valence-electron chi connectivity index (χ2n) is 4.44. The van der Waals surface area contributed by atoms with Crippen molar-refractivity contribution in [3.05, 3.63) is 47.8 Å². The summed E-state index contributed by atoms with van der Waals surface area (Å²) in [6.45, 7) is 2.00. The summed E-state index contributed by atoms with van der Waals surface area (Å²) in [5.41, 5.74) is 8.43. The van der Waals surface area contributed by atoms with Gasteiger partial charge in [0.15, 0.2) is 0 Å². The molecule has 3 nitrogen and oxygen atoms in total. The van der Waals surface area contributed by atoms with E-state index in [1.807, 2.05) is 38.2 Å². The van der Waals surface area contributed by atoms with E-state index in [0.29, 0.717) is 17.1 Å². The summed E-state index contributed by atoms with van der Waals surface area (Å²) in [7, 11) is 3.32. The molecule has 0 saturated carbocycles. The minimum atomic E-state index is -0.373. The van der Waals surface area contributed by atoms with Crippen molar-refractivity contribution in [2.24, 2.45) is 0 Å². The van der Waals surface area contributed by atoms with Crippen LogP contribution in [0, 0.1) is 12.7 Å². The third-order valence-corrected chi connectivity index (χ3v) is 3.05. The molecule has 2 aromatic rings. The molecule has 0 atom stereocenters. The smallest absolute Gasteiger partial charge is 0.149 e. The zero-order valence-electron chi connectivity index (χ0n) is 11.3. The number of nitrogens with zero attached hydrogens (tertiary/aromatic N) is 1. The summed E-state index contributed by atoms with van der Waals surface area (Å²) in [5, 5.41) is 0. The first-order valence-corrected chi connectivity index (χ1v) is 5.96. The lowest BCUT2D eigenvalue weighted by Crippen LogP contribution is -2.12. The van der Waals surface area contributed by atoms with Gasteiger partial charge >= 0.3 is 0 Å². The van der Waals surface area contributed by atoms with Crippen LogP contribution >= 0.6 is 0 Å². The monoisotopic (exact) mass is 260 g/mol. The molecule has 0 aromatic heterocycles. The van der Waals surface area contributed by atoms with Crippen LogP contribution in [0.2, 0.25) is 0 Å². The molecule has 0 radical (unpaired) electrons. The van der Waals surface area contributed by atoms with Gasteiger partial charge in [-0.25, -0.2) is 4.39 Å². The van der Waals surface area contributed by atoms with Crippen LogP contribution in [0.3, 0.4) is 0 Å². The highest BCUT2D eigenvalue weighted by atomic mass is 19.1. The quantitative estimate of drug-likeness (QED) is 0.858. The summed E-state index contributed by atoms with van der Waals surface area (Å²) in [4.78, 5) is 1.77. The molecule has 0 unspecified atom stereocenters. The predicted molar refractivity (Wildman–Crippen MR) is 76.6 cm³/mol. The predicted octanol–water partition coefficient (Wildman–Crippen LogP) is 3.49. The number of anilines is 3. The number of halogens is 1. The number of hydrogen-bond donors (Lipinski definition) is 1. The Morgan fingerprint density at radius 1 is 1.21 bits per heavy atom. The largest absolute Gasteiger partial charge is 0.495 e. The number of nitrogens with two attached hydrogens (primary N) is 1. The van der Waals surface area contributed by atoms with E-state index in [2.05, 4.69) is 0 Å². The van der Waals surface area contributed by atoms with Crippen molar-refractivity contribution in [1.29, 1.82) is 0 Å². The molecular weight excluding hydrogens is 243 g/mol. The van der Waals surface area contributed by atoms with Crippen LogP contribution in [0.5, 0.6) is 5.75 Å². The first-order valence-electron chi connectivity index (χ1n) is 5.96. The van der Waals surface area contributed by atoms with Crippen molar-refractivity contribution in [2.75, 3.05) is 24.8 Å². The number of aryl methyl sites for hydroxylation is 1. The summed E-state index contributed by atoms with van der Waals surface area (Å²) < 4.78 is 19.2. The molecule has 2 rings (SSSR count). The van der Waals surface area contributed by atoms with Crippen molar-refractivity contribution in [1.82, 2.24) is 0 Å². The molecule has 19 heavy (non-hydrogen) atoms. The van der Waals surface area contributed by atoms with E-state index in [-0.39, 0.29) is 5.82 Å². The van der Waals surface area contributed by atoms with Gasteiger partial charge in [-0.15, -0.1) is 0 Å². The van der Waals surface area contributed by atoms with Gasteiger partial charge in [-0.1, -0.05) is 12.1 Å². The molecule has 0 bridgehead atoms. The Bertz CT molecular complexity index is 599. The highest BCUT2D eigenvalue weighted by molar-refractivity contribution is 5.69. The van der Waals surface area contributed by atoms with Crippen molar-refractivity contribution >= 4 is 17.1 Å². The molecule has 0 heterocycles. The molecule has 0 aliphatic rings. The van der Waals surface area contributed by atoms with Gasteiger partial charge in [-0.3, -0.25) is 0 Å². The number of rotatable bonds is 3. The van der Waals surface area contributed by atoms with Crippen LogP contribution in [0.25, 0.3) is 0 Å².